The number of hydrogen-bond acceptors (Lipinski definition) is 5. The van der Waals surface area contributed by atoms with Crippen molar-refractivity contribution in [1.29, 1.82) is 0 Å². The Kier molecular flexibility index (Phi) is 6.91. The summed E-state index contributed by atoms with van der Waals surface area (Å²) in [5.74, 6) is -1.54. The summed E-state index contributed by atoms with van der Waals surface area (Å²) in [6.45, 7) is 5.41. The van der Waals surface area contributed by atoms with Crippen molar-refractivity contribution in [3.05, 3.63) is 0 Å². The third-order valence-corrected chi connectivity index (χ3v) is 3.71. The maximum atomic E-state index is 12.4. The van der Waals surface area contributed by atoms with Crippen molar-refractivity contribution in [3.63, 3.8) is 0 Å². The first-order chi connectivity index (χ1) is 9.88. The van der Waals surface area contributed by atoms with Crippen LogP contribution < -0.4 is 5.32 Å². The molecule has 1 rings (SSSR count). The van der Waals surface area contributed by atoms with Crippen molar-refractivity contribution in [1.82, 2.24) is 15.1 Å². The summed E-state index contributed by atoms with van der Waals surface area (Å²) in [6, 6.07) is -0.0322. The third kappa shape index (κ3) is 4.86. The zero-order valence-corrected chi connectivity index (χ0v) is 13.9. The minimum Gasteiger partial charge on any atom is -0.309 e. The van der Waals surface area contributed by atoms with E-state index < -0.39 is 5.92 Å². The molecule has 2 atom stereocenters. The van der Waals surface area contributed by atoms with Gasteiger partial charge in [0, 0.05) is 18.8 Å². The van der Waals surface area contributed by atoms with Crippen molar-refractivity contribution in [2.24, 2.45) is 10.9 Å². The molecule has 7 heteroatoms. The molecule has 0 saturated carbocycles. The largest absolute Gasteiger partial charge is 0.309 e. The normalized spacial score (nSPS) is 21.3. The second kappa shape index (κ2) is 8.19. The Labute approximate surface area is 131 Å². The highest BCUT2D eigenvalue weighted by Gasteiger charge is 2.39. The Morgan fingerprint density at radius 3 is 2.71 bits per heavy atom. The first-order valence-electron chi connectivity index (χ1n) is 7.21. The highest BCUT2D eigenvalue weighted by atomic mass is 32.1. The molecule has 0 unspecified atom stereocenters. The van der Waals surface area contributed by atoms with E-state index in [0.717, 1.165) is 19.4 Å². The number of thiocarbonyl (C=S) groups is 1. The van der Waals surface area contributed by atoms with Crippen LogP contribution >= 0.6 is 12.2 Å². The molecule has 1 aliphatic heterocycles. The number of carbonyl (C=O) groups excluding carboxylic acids is 2. The summed E-state index contributed by atoms with van der Waals surface area (Å²) >= 11 is 5.08. The fraction of sp³-hybridized carbons (Fsp3) is 0.714. The van der Waals surface area contributed by atoms with Crippen LogP contribution in [0.2, 0.25) is 0 Å². The average molecular weight is 312 g/mol. The van der Waals surface area contributed by atoms with Gasteiger partial charge in [-0.05, 0) is 52.6 Å². The monoisotopic (exact) mass is 312 g/mol. The Hall–Kier alpha value is -1.34. The molecule has 6 nitrogen and oxygen atoms in total. The molecule has 0 spiro atoms. The van der Waals surface area contributed by atoms with E-state index in [1.54, 1.807) is 0 Å². The zero-order chi connectivity index (χ0) is 16.0. The molecule has 118 valence electrons. The van der Waals surface area contributed by atoms with Gasteiger partial charge in [-0.15, -0.1) is 0 Å². The molecule has 0 radical (unpaired) electrons. The smallest absolute Gasteiger partial charge is 0.247 e. The topological polar surface area (TPSA) is 65.0 Å². The van der Waals surface area contributed by atoms with Gasteiger partial charge >= 0.3 is 0 Å². The van der Waals surface area contributed by atoms with Crippen LogP contribution in [0.15, 0.2) is 4.99 Å². The van der Waals surface area contributed by atoms with Gasteiger partial charge in [0.1, 0.15) is 0 Å². The highest BCUT2D eigenvalue weighted by Crippen LogP contribution is 2.14. The van der Waals surface area contributed by atoms with Crippen LogP contribution in [-0.2, 0) is 9.59 Å². The van der Waals surface area contributed by atoms with Crippen LogP contribution in [0.4, 0.5) is 0 Å². The van der Waals surface area contributed by atoms with Gasteiger partial charge in [0.2, 0.25) is 11.8 Å². The maximum Gasteiger partial charge on any atom is 0.247 e. The summed E-state index contributed by atoms with van der Waals surface area (Å²) in [4.78, 5) is 32.0. The lowest BCUT2D eigenvalue weighted by Crippen LogP contribution is -2.60. The van der Waals surface area contributed by atoms with E-state index >= 15 is 0 Å². The number of hydrogen-bond donors (Lipinski definition) is 1. The summed E-state index contributed by atoms with van der Waals surface area (Å²) in [7, 11) is 3.99. The number of amides is 2. The third-order valence-electron chi connectivity index (χ3n) is 3.41. The predicted octanol–water partition coefficient (Wildman–Crippen LogP) is 0.667. The van der Waals surface area contributed by atoms with Gasteiger partial charge in [-0.25, -0.2) is 0 Å². The van der Waals surface area contributed by atoms with Gasteiger partial charge in [-0.2, -0.15) is 0 Å². The lowest BCUT2D eigenvalue weighted by molar-refractivity contribution is -0.139. The fourth-order valence-corrected chi connectivity index (χ4v) is 2.37. The highest BCUT2D eigenvalue weighted by molar-refractivity contribution is 7.80. The van der Waals surface area contributed by atoms with Gasteiger partial charge in [0.05, 0.1) is 0 Å². The molecule has 1 fully saturated rings. The van der Waals surface area contributed by atoms with Crippen LogP contribution in [0.3, 0.4) is 0 Å². The van der Waals surface area contributed by atoms with Crippen LogP contribution in [-0.4, -0.2) is 66.2 Å². The fourth-order valence-electron chi connectivity index (χ4n) is 2.00. The van der Waals surface area contributed by atoms with E-state index in [1.807, 2.05) is 27.9 Å². The minimum absolute atomic E-state index is 0.0322. The van der Waals surface area contributed by atoms with Crippen LogP contribution in [0, 0.1) is 5.92 Å². The second-order valence-electron chi connectivity index (χ2n) is 5.45. The first-order valence-corrected chi connectivity index (χ1v) is 7.61. The first kappa shape index (κ1) is 17.7. The number of rotatable bonds is 7. The lowest BCUT2D eigenvalue weighted by Gasteiger charge is -2.34. The van der Waals surface area contributed by atoms with E-state index in [2.05, 4.69) is 15.2 Å². The minimum atomic E-state index is -0.870. The summed E-state index contributed by atoms with van der Waals surface area (Å²) in [5, 5.41) is 2.77. The number of nitrogens with one attached hydrogen (secondary N) is 1. The second-order valence-corrected chi connectivity index (χ2v) is 5.84. The van der Waals surface area contributed by atoms with Gasteiger partial charge in [-0.3, -0.25) is 19.5 Å². The SMILES string of the molecule is CC[C@H](C)N1C(=O)[C@H](C=NCCCN(C)C)C(=O)NC1=S. The van der Waals surface area contributed by atoms with E-state index in [-0.39, 0.29) is 23.0 Å². The maximum absolute atomic E-state index is 12.4. The number of nitrogens with zero attached hydrogens (tertiary/aromatic N) is 3. The molecule has 0 aliphatic carbocycles. The molecule has 1 N–H and O–H groups in total. The number of carbonyl (C=O) groups is 2. The summed E-state index contributed by atoms with van der Waals surface area (Å²) < 4.78 is 0. The van der Waals surface area contributed by atoms with E-state index in [0.29, 0.717) is 6.54 Å². The molecular weight excluding hydrogens is 288 g/mol. The molecule has 0 aromatic carbocycles. The zero-order valence-electron chi connectivity index (χ0n) is 13.1. The van der Waals surface area contributed by atoms with Crippen molar-refractivity contribution in [3.8, 4) is 0 Å². The molecule has 1 saturated heterocycles. The Bertz CT molecular complexity index is 437. The predicted molar refractivity (Wildman–Crippen MR) is 87.4 cm³/mol. The standard InChI is InChI=1S/C14H24N4O2S/c1-5-10(2)18-13(20)11(12(19)16-14(18)21)9-15-7-6-8-17(3)4/h9-11H,5-8H2,1-4H3,(H,16,19,21)/t10-,11+/m0/s1. The Morgan fingerprint density at radius 1 is 1.48 bits per heavy atom. The van der Waals surface area contributed by atoms with Gasteiger partial charge in [0.15, 0.2) is 11.0 Å². The van der Waals surface area contributed by atoms with Crippen LogP contribution in [0.1, 0.15) is 26.7 Å². The van der Waals surface area contributed by atoms with Gasteiger partial charge in [0.25, 0.3) is 0 Å². The molecule has 0 aromatic rings. The van der Waals surface area contributed by atoms with Crippen molar-refractivity contribution >= 4 is 35.4 Å². The van der Waals surface area contributed by atoms with Crippen molar-refractivity contribution in [2.75, 3.05) is 27.2 Å². The Morgan fingerprint density at radius 2 is 2.14 bits per heavy atom. The quantitative estimate of drug-likeness (QED) is 0.325. The van der Waals surface area contributed by atoms with E-state index in [9.17, 15) is 9.59 Å². The molecule has 1 heterocycles. The summed E-state index contributed by atoms with van der Waals surface area (Å²) in [6.07, 6.45) is 3.11. The average Bonchev–Trinajstić information content (AvgIpc) is 2.40. The molecule has 21 heavy (non-hydrogen) atoms. The lowest BCUT2D eigenvalue weighted by atomic mass is 10.0. The molecule has 2 amide bonds. The van der Waals surface area contributed by atoms with Crippen molar-refractivity contribution < 1.29 is 9.59 Å². The van der Waals surface area contributed by atoms with Gasteiger partial charge in [-0.1, -0.05) is 6.92 Å². The van der Waals surface area contributed by atoms with Crippen LogP contribution in [0.5, 0.6) is 0 Å². The van der Waals surface area contributed by atoms with E-state index in [4.69, 9.17) is 12.2 Å². The van der Waals surface area contributed by atoms with Gasteiger partial charge < -0.3 is 10.2 Å². The Balaban J connectivity index is 2.67. The molecule has 1 aliphatic rings. The van der Waals surface area contributed by atoms with Crippen LogP contribution in [0.25, 0.3) is 0 Å². The molecular formula is C14H24N4O2S. The molecule has 0 aromatic heterocycles. The van der Waals surface area contributed by atoms with E-state index in [1.165, 1.54) is 11.1 Å². The summed E-state index contributed by atoms with van der Waals surface area (Å²) in [5.41, 5.74) is 0. The van der Waals surface area contributed by atoms with Crippen molar-refractivity contribution in [2.45, 2.75) is 32.7 Å². The number of aliphatic imine (C=N–C) groups is 1. The molecule has 0 bridgehead atoms.